The number of carbonyl (C=O) groups excluding carboxylic acids is 1. The fourth-order valence-electron chi connectivity index (χ4n) is 3.51. The van der Waals surface area contributed by atoms with Gasteiger partial charge in [0.1, 0.15) is 16.4 Å². The van der Waals surface area contributed by atoms with Crippen molar-refractivity contribution >= 4 is 15.9 Å². The number of hydrogen-bond donors (Lipinski definition) is 0. The van der Waals surface area contributed by atoms with Crippen LogP contribution in [0, 0.1) is 0 Å². The van der Waals surface area contributed by atoms with Gasteiger partial charge in [-0.3, -0.25) is 9.78 Å². The summed E-state index contributed by atoms with van der Waals surface area (Å²) in [5.74, 6) is 1.46. The van der Waals surface area contributed by atoms with Gasteiger partial charge < -0.3 is 9.32 Å². The lowest BCUT2D eigenvalue weighted by Crippen LogP contribution is -2.42. The smallest absolute Gasteiger partial charge is 0.244 e. The summed E-state index contributed by atoms with van der Waals surface area (Å²) in [5.41, 5.74) is 0. The van der Waals surface area contributed by atoms with Crippen molar-refractivity contribution in [2.24, 2.45) is 0 Å². The van der Waals surface area contributed by atoms with Crippen molar-refractivity contribution in [2.45, 2.75) is 50.0 Å². The Labute approximate surface area is 166 Å². The van der Waals surface area contributed by atoms with Gasteiger partial charge >= 0.3 is 0 Å². The molecule has 0 N–H and O–H groups in total. The lowest BCUT2D eigenvalue weighted by molar-refractivity contribution is -0.134. The molecule has 2 aromatic heterocycles. The molecule has 1 fully saturated rings. The Kier molecular flexibility index (Phi) is 6.51. The molecule has 1 saturated heterocycles. The predicted molar refractivity (Wildman–Crippen MR) is 105 cm³/mol. The van der Waals surface area contributed by atoms with E-state index >= 15 is 0 Å². The topological polar surface area (TPSA) is 83.7 Å². The van der Waals surface area contributed by atoms with Crippen LogP contribution in [-0.2, 0) is 21.2 Å². The van der Waals surface area contributed by atoms with E-state index in [2.05, 4.69) is 4.98 Å². The highest BCUT2D eigenvalue weighted by Gasteiger charge is 2.31. The van der Waals surface area contributed by atoms with E-state index in [1.807, 2.05) is 19.1 Å². The van der Waals surface area contributed by atoms with Crippen molar-refractivity contribution in [3.63, 3.8) is 0 Å². The van der Waals surface area contributed by atoms with Gasteiger partial charge in [0.05, 0.1) is 12.6 Å². The minimum atomic E-state index is -3.76. The summed E-state index contributed by atoms with van der Waals surface area (Å²) < 4.78 is 32.4. The Bertz CT molecular complexity index is 895. The van der Waals surface area contributed by atoms with Crippen LogP contribution in [0.15, 0.2) is 46.0 Å². The number of nitrogens with zero attached hydrogens (tertiary/aromatic N) is 3. The normalized spacial score (nSPS) is 18.2. The first-order valence-electron chi connectivity index (χ1n) is 9.68. The Morgan fingerprint density at radius 3 is 2.79 bits per heavy atom. The zero-order chi connectivity index (χ0) is 20.1. The Hall–Kier alpha value is -2.19. The van der Waals surface area contributed by atoms with Crippen molar-refractivity contribution in [1.82, 2.24) is 14.2 Å². The van der Waals surface area contributed by atoms with Gasteiger partial charge in [0.25, 0.3) is 0 Å². The number of likely N-dealkylation sites (tertiary alicyclic amines) is 1. The van der Waals surface area contributed by atoms with Gasteiger partial charge in [0.2, 0.25) is 15.9 Å². The number of carbonyl (C=O) groups is 1. The van der Waals surface area contributed by atoms with Crippen LogP contribution in [0.25, 0.3) is 0 Å². The minimum absolute atomic E-state index is 0.0799. The molecule has 1 aliphatic rings. The second kappa shape index (κ2) is 8.87. The van der Waals surface area contributed by atoms with Gasteiger partial charge in [-0.1, -0.05) is 19.8 Å². The van der Waals surface area contributed by atoms with Crippen LogP contribution < -0.4 is 0 Å². The summed E-state index contributed by atoms with van der Waals surface area (Å²) >= 11 is 0. The highest BCUT2D eigenvalue weighted by Crippen LogP contribution is 2.31. The Morgan fingerprint density at radius 1 is 1.29 bits per heavy atom. The summed E-state index contributed by atoms with van der Waals surface area (Å²) in [5, 5.41) is 0. The molecule has 0 saturated carbocycles. The van der Waals surface area contributed by atoms with E-state index in [-0.39, 0.29) is 23.4 Å². The number of likely N-dealkylation sites (N-methyl/N-ethyl adjacent to an activating group) is 1. The van der Waals surface area contributed by atoms with Crippen molar-refractivity contribution in [2.75, 3.05) is 20.1 Å². The molecule has 28 heavy (non-hydrogen) atoms. The van der Waals surface area contributed by atoms with Gasteiger partial charge in [-0.25, -0.2) is 8.42 Å². The lowest BCUT2D eigenvalue weighted by atomic mass is 10.1. The average molecular weight is 406 g/mol. The first-order valence-corrected chi connectivity index (χ1v) is 11.1. The molecule has 0 radical (unpaired) electrons. The zero-order valence-corrected chi connectivity index (χ0v) is 17.2. The number of pyridine rings is 1. The number of hydrogen-bond acceptors (Lipinski definition) is 5. The molecule has 3 rings (SSSR count). The van der Waals surface area contributed by atoms with E-state index in [0.29, 0.717) is 6.54 Å². The number of sulfonamides is 1. The summed E-state index contributed by atoms with van der Waals surface area (Å²) in [6, 6.07) is 6.78. The van der Waals surface area contributed by atoms with Crippen molar-refractivity contribution in [3.8, 4) is 0 Å². The first kappa shape index (κ1) is 20.5. The van der Waals surface area contributed by atoms with Gasteiger partial charge in [-0.15, -0.1) is 0 Å². The molecular formula is C20H27N3O4S. The molecule has 0 aliphatic carbocycles. The molecule has 3 heterocycles. The molecular weight excluding hydrogens is 378 g/mol. The third kappa shape index (κ3) is 4.44. The Balaban J connectivity index is 1.78. The third-order valence-corrected chi connectivity index (χ3v) is 6.92. The standard InChI is InChI=1S/C20H27N3O4S/c1-3-16-10-11-19(27-16)18-9-5-4-6-13-23(18)20(24)15-22(2)28(25,26)17-8-7-12-21-14-17/h7-8,10-12,14,18H,3-6,9,13,15H2,1-2H3. The lowest BCUT2D eigenvalue weighted by Gasteiger charge is -2.30. The van der Waals surface area contributed by atoms with E-state index < -0.39 is 10.0 Å². The number of amides is 1. The maximum Gasteiger partial charge on any atom is 0.244 e. The maximum atomic E-state index is 13.1. The molecule has 1 atom stereocenters. The van der Waals surface area contributed by atoms with Gasteiger partial charge in [0, 0.05) is 32.4 Å². The van der Waals surface area contributed by atoms with Crippen LogP contribution in [0.2, 0.25) is 0 Å². The Morgan fingerprint density at radius 2 is 2.11 bits per heavy atom. The predicted octanol–water partition coefficient (Wildman–Crippen LogP) is 3.00. The third-order valence-electron chi connectivity index (χ3n) is 5.13. The molecule has 0 aromatic carbocycles. The van der Waals surface area contributed by atoms with Crippen molar-refractivity contribution in [1.29, 1.82) is 0 Å². The molecule has 8 heteroatoms. The zero-order valence-electron chi connectivity index (χ0n) is 16.4. The summed E-state index contributed by atoms with van der Waals surface area (Å²) in [4.78, 5) is 18.8. The van der Waals surface area contributed by atoms with Crippen molar-refractivity contribution < 1.29 is 17.6 Å². The van der Waals surface area contributed by atoms with E-state index in [4.69, 9.17) is 4.42 Å². The van der Waals surface area contributed by atoms with E-state index in [9.17, 15) is 13.2 Å². The highest BCUT2D eigenvalue weighted by molar-refractivity contribution is 7.89. The first-order chi connectivity index (χ1) is 13.4. The van der Waals surface area contributed by atoms with E-state index in [1.54, 1.807) is 11.0 Å². The average Bonchev–Trinajstić information content (AvgIpc) is 3.04. The molecule has 7 nitrogen and oxygen atoms in total. The number of rotatable bonds is 6. The largest absolute Gasteiger partial charge is 0.464 e. The monoisotopic (exact) mass is 405 g/mol. The van der Waals surface area contributed by atoms with Crippen LogP contribution in [0.4, 0.5) is 0 Å². The molecule has 1 amide bonds. The van der Waals surface area contributed by atoms with Crippen molar-refractivity contribution in [3.05, 3.63) is 48.2 Å². The molecule has 1 unspecified atom stereocenters. The molecule has 1 aliphatic heterocycles. The van der Waals surface area contributed by atoms with Gasteiger partial charge in [0.15, 0.2) is 0 Å². The number of aromatic nitrogens is 1. The van der Waals surface area contributed by atoms with Crippen LogP contribution in [-0.4, -0.2) is 48.7 Å². The minimum Gasteiger partial charge on any atom is -0.464 e. The van der Waals surface area contributed by atoms with Gasteiger partial charge in [-0.2, -0.15) is 4.31 Å². The van der Waals surface area contributed by atoms with Crippen LogP contribution in [0.1, 0.15) is 50.2 Å². The maximum absolute atomic E-state index is 13.1. The fraction of sp³-hybridized carbons (Fsp3) is 0.500. The molecule has 152 valence electrons. The SMILES string of the molecule is CCc1ccc(C2CCCCCN2C(=O)CN(C)S(=O)(=O)c2cccnc2)o1. The molecule has 0 spiro atoms. The second-order valence-electron chi connectivity index (χ2n) is 7.06. The molecule has 0 bridgehead atoms. The van der Waals surface area contributed by atoms with Crippen LogP contribution >= 0.6 is 0 Å². The molecule has 2 aromatic rings. The van der Waals surface area contributed by atoms with Crippen LogP contribution in [0.5, 0.6) is 0 Å². The van der Waals surface area contributed by atoms with Gasteiger partial charge in [-0.05, 0) is 37.1 Å². The summed E-state index contributed by atoms with van der Waals surface area (Å²) in [6.07, 6.45) is 7.39. The highest BCUT2D eigenvalue weighted by atomic mass is 32.2. The van der Waals surface area contributed by atoms with E-state index in [0.717, 1.165) is 47.9 Å². The van der Waals surface area contributed by atoms with Crippen LogP contribution in [0.3, 0.4) is 0 Å². The second-order valence-corrected chi connectivity index (χ2v) is 9.10. The quantitative estimate of drug-likeness (QED) is 0.738. The van der Waals surface area contributed by atoms with E-state index in [1.165, 1.54) is 25.5 Å². The number of aryl methyl sites for hydroxylation is 1. The summed E-state index contributed by atoms with van der Waals surface area (Å²) in [7, 11) is -2.34. The summed E-state index contributed by atoms with van der Waals surface area (Å²) in [6.45, 7) is 2.42. The fourth-order valence-corrected chi connectivity index (χ4v) is 4.60. The number of furan rings is 1.